The summed E-state index contributed by atoms with van der Waals surface area (Å²) in [4.78, 5) is 32.4. The van der Waals surface area contributed by atoms with Crippen molar-refractivity contribution in [2.75, 3.05) is 6.61 Å². The minimum Gasteiger partial charge on any atom is -0.458 e. The highest BCUT2D eigenvalue weighted by molar-refractivity contribution is 8.16. The predicted octanol–water partition coefficient (Wildman–Crippen LogP) is 4.28. The Morgan fingerprint density at radius 1 is 1.32 bits per heavy atom. The van der Waals surface area contributed by atoms with Gasteiger partial charge in [-0.3, -0.25) is 4.79 Å². The molecule has 3 aliphatic rings. The highest BCUT2D eigenvalue weighted by Gasteiger charge is 2.41. The number of thioether (sulfide) groups is 1. The van der Waals surface area contributed by atoms with E-state index in [9.17, 15) is 9.59 Å². The topological polar surface area (TPSA) is 71.0 Å². The average Bonchev–Trinajstić information content (AvgIpc) is 3.46. The van der Waals surface area contributed by atoms with Crippen LogP contribution < -0.4 is 5.32 Å². The number of hydrogen-bond donors (Lipinski definition) is 1. The van der Waals surface area contributed by atoms with Gasteiger partial charge in [0.1, 0.15) is 6.61 Å². The molecule has 1 N–H and O–H groups in total. The second-order valence-corrected chi connectivity index (χ2v) is 9.00. The van der Waals surface area contributed by atoms with E-state index in [2.05, 4.69) is 35.1 Å². The number of fused-ring (bicyclic) bond motifs is 1. The highest BCUT2D eigenvalue weighted by atomic mass is 32.2. The van der Waals surface area contributed by atoms with Crippen molar-refractivity contribution in [3.63, 3.8) is 0 Å². The van der Waals surface area contributed by atoms with E-state index in [4.69, 9.17) is 4.74 Å². The van der Waals surface area contributed by atoms with E-state index in [1.54, 1.807) is 6.08 Å². The lowest BCUT2D eigenvalue weighted by Crippen LogP contribution is -2.38. The first kappa shape index (κ1) is 21.4. The number of nitrogens with one attached hydrogen (secondary N) is 1. The van der Waals surface area contributed by atoms with E-state index >= 15 is 0 Å². The largest absolute Gasteiger partial charge is 0.458 e. The SMILES string of the molecule is C=CCOC(=O)C1=C(C)N=C2SC=C(CC(=O)NC3CC3)N2[C@@H]1c1cc(C)ccc1C. The minimum absolute atomic E-state index is 0.00243. The van der Waals surface area contributed by atoms with Crippen molar-refractivity contribution < 1.29 is 14.3 Å². The van der Waals surface area contributed by atoms with E-state index in [1.807, 2.05) is 31.1 Å². The summed E-state index contributed by atoms with van der Waals surface area (Å²) in [6.45, 7) is 9.68. The quantitative estimate of drug-likeness (QED) is 0.509. The van der Waals surface area contributed by atoms with Crippen LogP contribution in [0.2, 0.25) is 0 Å². The summed E-state index contributed by atoms with van der Waals surface area (Å²) in [6, 6.07) is 6.12. The lowest BCUT2D eigenvalue weighted by molar-refractivity contribution is -0.138. The Bertz CT molecular complexity index is 1040. The maximum absolute atomic E-state index is 13.1. The summed E-state index contributed by atoms with van der Waals surface area (Å²) in [6.07, 6.45) is 3.89. The number of aryl methyl sites for hydroxylation is 2. The summed E-state index contributed by atoms with van der Waals surface area (Å²) >= 11 is 1.49. The van der Waals surface area contributed by atoms with Gasteiger partial charge in [0, 0.05) is 11.7 Å². The third-order valence-corrected chi connectivity index (χ3v) is 6.46. The molecule has 0 bridgehead atoms. The Labute approximate surface area is 187 Å². The number of amides is 1. The third kappa shape index (κ3) is 4.46. The molecule has 1 aromatic carbocycles. The van der Waals surface area contributed by atoms with Crippen molar-refractivity contribution in [1.82, 2.24) is 10.2 Å². The van der Waals surface area contributed by atoms with E-state index in [-0.39, 0.29) is 18.9 Å². The Morgan fingerprint density at radius 2 is 2.10 bits per heavy atom. The smallest absolute Gasteiger partial charge is 0.338 e. The zero-order valence-electron chi connectivity index (χ0n) is 18.1. The number of carbonyl (C=O) groups is 2. The fourth-order valence-corrected chi connectivity index (χ4v) is 4.83. The van der Waals surface area contributed by atoms with Crippen molar-refractivity contribution in [3.05, 3.63) is 69.9 Å². The summed E-state index contributed by atoms with van der Waals surface area (Å²) < 4.78 is 5.43. The second kappa shape index (κ2) is 8.75. The number of esters is 1. The van der Waals surface area contributed by atoms with Crippen LogP contribution in [-0.2, 0) is 14.3 Å². The van der Waals surface area contributed by atoms with Gasteiger partial charge in [0.2, 0.25) is 5.91 Å². The zero-order chi connectivity index (χ0) is 22.1. The van der Waals surface area contributed by atoms with Crippen molar-refractivity contribution in [2.45, 2.75) is 52.1 Å². The first-order valence-corrected chi connectivity index (χ1v) is 11.4. The standard InChI is InChI=1S/C24H27N3O3S/c1-5-10-30-23(29)21-16(4)25-24-27(22(21)19-11-14(2)6-7-15(19)3)18(13-31-24)12-20(28)26-17-8-9-17/h5-7,11,13,17,22H,1,8-10,12H2,2-4H3,(H,26,28)/t22-/m1/s1. The molecule has 0 radical (unpaired) electrons. The summed E-state index contributed by atoms with van der Waals surface area (Å²) in [5.41, 5.74) is 5.15. The lowest BCUT2D eigenvalue weighted by Gasteiger charge is -2.37. The van der Waals surface area contributed by atoms with Crippen molar-refractivity contribution in [2.24, 2.45) is 4.99 Å². The maximum Gasteiger partial charge on any atom is 0.338 e. The third-order valence-electron chi connectivity index (χ3n) is 5.57. The summed E-state index contributed by atoms with van der Waals surface area (Å²) in [5.74, 6) is -0.415. The van der Waals surface area contributed by atoms with Gasteiger partial charge in [-0.2, -0.15) is 0 Å². The molecule has 0 aromatic heterocycles. The zero-order valence-corrected chi connectivity index (χ0v) is 18.9. The van der Waals surface area contributed by atoms with Crippen LogP contribution in [0.5, 0.6) is 0 Å². The van der Waals surface area contributed by atoms with E-state index < -0.39 is 12.0 Å². The second-order valence-electron chi connectivity index (χ2n) is 8.16. The summed E-state index contributed by atoms with van der Waals surface area (Å²) in [5, 5.41) is 5.79. The van der Waals surface area contributed by atoms with Crippen LogP contribution in [0.15, 0.2) is 58.2 Å². The number of aliphatic imine (C=N–C) groups is 1. The van der Waals surface area contributed by atoms with Gasteiger partial charge in [-0.1, -0.05) is 48.2 Å². The molecule has 1 atom stereocenters. The molecule has 0 spiro atoms. The molecule has 6 nitrogen and oxygen atoms in total. The first-order valence-electron chi connectivity index (χ1n) is 10.5. The normalized spacial score (nSPS) is 20.1. The molecule has 2 heterocycles. The molecule has 0 saturated heterocycles. The van der Waals surface area contributed by atoms with Gasteiger partial charge >= 0.3 is 5.97 Å². The molecule has 162 valence electrons. The number of benzene rings is 1. The van der Waals surface area contributed by atoms with Crippen molar-refractivity contribution >= 4 is 28.8 Å². The summed E-state index contributed by atoms with van der Waals surface area (Å²) in [7, 11) is 0. The fourth-order valence-electron chi connectivity index (χ4n) is 3.86. The van der Waals surface area contributed by atoms with Crippen molar-refractivity contribution in [3.8, 4) is 0 Å². The molecule has 0 unspecified atom stereocenters. The lowest BCUT2D eigenvalue weighted by atomic mass is 9.90. The molecule has 4 rings (SSSR count). The fraction of sp³-hybridized carbons (Fsp3) is 0.375. The van der Waals surface area contributed by atoms with Crippen LogP contribution in [0.3, 0.4) is 0 Å². The highest BCUT2D eigenvalue weighted by Crippen LogP contribution is 2.45. The van der Waals surface area contributed by atoms with E-state index in [0.29, 0.717) is 17.3 Å². The molecule has 1 saturated carbocycles. The molecule has 1 aromatic rings. The average molecular weight is 438 g/mol. The van der Waals surface area contributed by atoms with Crippen LogP contribution in [-0.4, -0.2) is 34.6 Å². The van der Waals surface area contributed by atoms with Crippen LogP contribution in [0.4, 0.5) is 0 Å². The molecule has 31 heavy (non-hydrogen) atoms. The number of ether oxygens (including phenoxy) is 1. The number of nitrogens with zero attached hydrogens (tertiary/aromatic N) is 2. The monoisotopic (exact) mass is 437 g/mol. The predicted molar refractivity (Wildman–Crippen MR) is 123 cm³/mol. The Balaban J connectivity index is 1.75. The molecular weight excluding hydrogens is 410 g/mol. The number of allylic oxidation sites excluding steroid dienone is 1. The molecule has 1 amide bonds. The minimum atomic E-state index is -0.412. The Morgan fingerprint density at radius 3 is 2.81 bits per heavy atom. The number of carbonyl (C=O) groups excluding carboxylic acids is 2. The van der Waals surface area contributed by atoms with E-state index in [1.165, 1.54) is 11.8 Å². The molecule has 7 heteroatoms. The van der Waals surface area contributed by atoms with Crippen LogP contribution in [0.1, 0.15) is 48.9 Å². The van der Waals surface area contributed by atoms with Gasteiger partial charge in [0.25, 0.3) is 0 Å². The number of amidine groups is 1. The van der Waals surface area contributed by atoms with Crippen LogP contribution >= 0.6 is 11.8 Å². The maximum atomic E-state index is 13.1. The van der Waals surface area contributed by atoms with Gasteiger partial charge in [-0.05, 0) is 50.1 Å². The molecule has 2 aliphatic heterocycles. The Hall–Kier alpha value is -2.80. The van der Waals surface area contributed by atoms with Gasteiger partial charge in [-0.15, -0.1) is 0 Å². The van der Waals surface area contributed by atoms with Crippen molar-refractivity contribution in [1.29, 1.82) is 0 Å². The van der Waals surface area contributed by atoms with Gasteiger partial charge < -0.3 is 15.0 Å². The first-order chi connectivity index (χ1) is 14.9. The number of rotatable bonds is 7. The van der Waals surface area contributed by atoms with Gasteiger partial charge in [-0.25, -0.2) is 9.79 Å². The van der Waals surface area contributed by atoms with Gasteiger partial charge in [0.15, 0.2) is 5.17 Å². The van der Waals surface area contributed by atoms with Crippen LogP contribution in [0.25, 0.3) is 0 Å². The van der Waals surface area contributed by atoms with Crippen LogP contribution in [0, 0.1) is 13.8 Å². The van der Waals surface area contributed by atoms with Gasteiger partial charge in [0.05, 0.1) is 23.7 Å². The molecule has 1 fully saturated rings. The molecule has 1 aliphatic carbocycles. The van der Waals surface area contributed by atoms with E-state index in [0.717, 1.165) is 40.4 Å². The Kier molecular flexibility index (Phi) is 6.05. The molecular formula is C24H27N3O3S. The number of hydrogen-bond acceptors (Lipinski definition) is 6.